The van der Waals surface area contributed by atoms with Crippen LogP contribution in [0.4, 0.5) is 0 Å². The van der Waals surface area contributed by atoms with Crippen molar-refractivity contribution in [3.05, 3.63) is 24.3 Å². The maximum atomic E-state index is 11.2. The van der Waals surface area contributed by atoms with Gasteiger partial charge in [-0.15, -0.1) is 11.8 Å². The molecular formula is C12H16O3S. The Morgan fingerprint density at radius 3 is 2.94 bits per heavy atom. The normalized spacial score (nSPS) is 12.1. The molecule has 0 saturated heterocycles. The second kappa shape index (κ2) is 6.43. The highest BCUT2D eigenvalue weighted by molar-refractivity contribution is 8.00. The van der Waals surface area contributed by atoms with Crippen molar-refractivity contribution in [2.75, 3.05) is 6.61 Å². The van der Waals surface area contributed by atoms with E-state index in [1.54, 1.807) is 36.9 Å². The van der Waals surface area contributed by atoms with E-state index in [9.17, 15) is 9.90 Å². The summed E-state index contributed by atoms with van der Waals surface area (Å²) in [6.45, 7) is 4.18. The van der Waals surface area contributed by atoms with Gasteiger partial charge >= 0.3 is 5.97 Å². The molecule has 0 heterocycles. The molecule has 1 atom stereocenters. The number of benzene rings is 1. The Balaban J connectivity index is 2.45. The molecule has 16 heavy (non-hydrogen) atoms. The number of esters is 1. The van der Waals surface area contributed by atoms with Crippen molar-refractivity contribution >= 4 is 17.7 Å². The zero-order valence-corrected chi connectivity index (χ0v) is 10.3. The summed E-state index contributed by atoms with van der Waals surface area (Å²) in [6.07, 6.45) is 0.383. The van der Waals surface area contributed by atoms with E-state index in [0.29, 0.717) is 13.0 Å². The van der Waals surface area contributed by atoms with Crippen LogP contribution in [-0.4, -0.2) is 22.9 Å². The van der Waals surface area contributed by atoms with E-state index < -0.39 is 0 Å². The SMILES string of the molecule is CCOC(=O)CC(C)Sc1cccc(O)c1. The fourth-order valence-electron chi connectivity index (χ4n) is 1.29. The van der Waals surface area contributed by atoms with E-state index in [1.807, 2.05) is 13.0 Å². The molecule has 0 aliphatic carbocycles. The Bertz CT molecular complexity index is 352. The summed E-state index contributed by atoms with van der Waals surface area (Å²) in [5.74, 6) is 0.0657. The smallest absolute Gasteiger partial charge is 0.306 e. The molecule has 3 nitrogen and oxygen atoms in total. The molecule has 0 aromatic heterocycles. The van der Waals surface area contributed by atoms with Crippen LogP contribution in [0.25, 0.3) is 0 Å². The monoisotopic (exact) mass is 240 g/mol. The molecule has 88 valence electrons. The van der Waals surface area contributed by atoms with Gasteiger partial charge in [0.25, 0.3) is 0 Å². The zero-order valence-electron chi connectivity index (χ0n) is 9.47. The zero-order chi connectivity index (χ0) is 12.0. The fraction of sp³-hybridized carbons (Fsp3) is 0.417. The molecule has 0 amide bonds. The van der Waals surface area contributed by atoms with Crippen molar-refractivity contribution in [2.24, 2.45) is 0 Å². The molecule has 0 bridgehead atoms. The maximum absolute atomic E-state index is 11.2. The summed E-state index contributed by atoms with van der Waals surface area (Å²) in [4.78, 5) is 12.2. The van der Waals surface area contributed by atoms with Gasteiger partial charge in [-0.25, -0.2) is 0 Å². The standard InChI is InChI=1S/C12H16O3S/c1-3-15-12(14)7-9(2)16-11-6-4-5-10(13)8-11/h4-6,8-9,13H,3,7H2,1-2H3. The van der Waals surface area contributed by atoms with Crippen LogP contribution in [-0.2, 0) is 9.53 Å². The molecule has 0 aliphatic rings. The minimum atomic E-state index is -0.178. The van der Waals surface area contributed by atoms with Crippen LogP contribution in [0.2, 0.25) is 0 Å². The molecule has 0 saturated carbocycles. The summed E-state index contributed by atoms with van der Waals surface area (Å²) in [6, 6.07) is 7.01. The Morgan fingerprint density at radius 1 is 1.56 bits per heavy atom. The van der Waals surface area contributed by atoms with Gasteiger partial charge in [0.2, 0.25) is 0 Å². The first-order valence-electron chi connectivity index (χ1n) is 5.23. The first-order chi connectivity index (χ1) is 7.61. The van der Waals surface area contributed by atoms with Crippen molar-refractivity contribution in [1.82, 2.24) is 0 Å². The third-order valence-electron chi connectivity index (χ3n) is 1.91. The Morgan fingerprint density at radius 2 is 2.31 bits per heavy atom. The largest absolute Gasteiger partial charge is 0.508 e. The lowest BCUT2D eigenvalue weighted by Crippen LogP contribution is -2.10. The second-order valence-corrected chi connectivity index (χ2v) is 4.95. The summed E-state index contributed by atoms with van der Waals surface area (Å²) in [7, 11) is 0. The van der Waals surface area contributed by atoms with Crippen LogP contribution < -0.4 is 0 Å². The van der Waals surface area contributed by atoms with Crippen molar-refractivity contribution in [3.8, 4) is 5.75 Å². The van der Waals surface area contributed by atoms with Gasteiger partial charge in [0.05, 0.1) is 13.0 Å². The Labute approximate surface area is 99.8 Å². The van der Waals surface area contributed by atoms with Gasteiger partial charge in [0, 0.05) is 10.1 Å². The third-order valence-corrected chi connectivity index (χ3v) is 3.01. The number of thioether (sulfide) groups is 1. The minimum absolute atomic E-state index is 0.140. The molecule has 1 rings (SSSR count). The first kappa shape index (κ1) is 12.9. The Hall–Kier alpha value is -1.16. The number of rotatable bonds is 5. The summed E-state index contributed by atoms with van der Waals surface area (Å²) < 4.78 is 4.87. The lowest BCUT2D eigenvalue weighted by atomic mass is 10.3. The highest BCUT2D eigenvalue weighted by Gasteiger charge is 2.11. The second-order valence-electron chi connectivity index (χ2n) is 3.43. The van der Waals surface area contributed by atoms with Gasteiger partial charge in [-0.3, -0.25) is 4.79 Å². The molecule has 0 aliphatic heterocycles. The van der Waals surface area contributed by atoms with Gasteiger partial charge in [0.15, 0.2) is 0 Å². The fourth-order valence-corrected chi connectivity index (χ4v) is 2.32. The predicted octanol–water partition coefficient (Wildman–Crippen LogP) is 2.83. The average molecular weight is 240 g/mol. The van der Waals surface area contributed by atoms with Crippen molar-refractivity contribution < 1.29 is 14.6 Å². The molecule has 1 N–H and O–H groups in total. The molecule has 4 heteroatoms. The van der Waals surface area contributed by atoms with Crippen molar-refractivity contribution in [3.63, 3.8) is 0 Å². The highest BCUT2D eigenvalue weighted by atomic mass is 32.2. The van der Waals surface area contributed by atoms with Crippen LogP contribution >= 0.6 is 11.8 Å². The van der Waals surface area contributed by atoms with Crippen LogP contribution in [0, 0.1) is 0 Å². The number of aromatic hydroxyl groups is 1. The molecule has 1 aromatic rings. The van der Waals surface area contributed by atoms with Crippen LogP contribution in [0.3, 0.4) is 0 Å². The average Bonchev–Trinajstić information content (AvgIpc) is 2.17. The highest BCUT2D eigenvalue weighted by Crippen LogP contribution is 2.27. The van der Waals surface area contributed by atoms with Gasteiger partial charge < -0.3 is 9.84 Å². The van der Waals surface area contributed by atoms with Gasteiger partial charge in [-0.05, 0) is 25.1 Å². The third kappa shape index (κ3) is 4.57. The van der Waals surface area contributed by atoms with E-state index >= 15 is 0 Å². The molecule has 0 spiro atoms. The number of ether oxygens (including phenoxy) is 1. The number of carbonyl (C=O) groups is 1. The molecule has 0 radical (unpaired) electrons. The van der Waals surface area contributed by atoms with Gasteiger partial charge in [0.1, 0.15) is 5.75 Å². The predicted molar refractivity (Wildman–Crippen MR) is 64.7 cm³/mol. The summed E-state index contributed by atoms with van der Waals surface area (Å²) in [5.41, 5.74) is 0. The van der Waals surface area contributed by atoms with E-state index in [1.165, 1.54) is 0 Å². The molecule has 1 unspecified atom stereocenters. The van der Waals surface area contributed by atoms with Crippen molar-refractivity contribution in [2.45, 2.75) is 30.4 Å². The van der Waals surface area contributed by atoms with Crippen LogP contribution in [0.1, 0.15) is 20.3 Å². The number of hydrogen-bond acceptors (Lipinski definition) is 4. The van der Waals surface area contributed by atoms with Crippen molar-refractivity contribution in [1.29, 1.82) is 0 Å². The summed E-state index contributed by atoms with van der Waals surface area (Å²) >= 11 is 1.55. The number of phenolic OH excluding ortho intramolecular Hbond substituents is 1. The maximum Gasteiger partial charge on any atom is 0.306 e. The number of carbonyl (C=O) groups excluding carboxylic acids is 1. The molecular weight excluding hydrogens is 224 g/mol. The van der Waals surface area contributed by atoms with Gasteiger partial charge in [-0.2, -0.15) is 0 Å². The van der Waals surface area contributed by atoms with E-state index in [2.05, 4.69) is 0 Å². The lowest BCUT2D eigenvalue weighted by Gasteiger charge is -2.10. The van der Waals surface area contributed by atoms with Crippen LogP contribution in [0.15, 0.2) is 29.2 Å². The first-order valence-corrected chi connectivity index (χ1v) is 6.11. The topological polar surface area (TPSA) is 46.5 Å². The molecule has 0 fully saturated rings. The molecule has 1 aromatic carbocycles. The van der Waals surface area contributed by atoms with Crippen LogP contribution in [0.5, 0.6) is 5.75 Å². The number of hydrogen-bond donors (Lipinski definition) is 1. The quantitative estimate of drug-likeness (QED) is 0.635. The summed E-state index contributed by atoms with van der Waals surface area (Å²) in [5, 5.41) is 9.43. The van der Waals surface area contributed by atoms with Gasteiger partial charge in [-0.1, -0.05) is 13.0 Å². The minimum Gasteiger partial charge on any atom is -0.508 e. The Kier molecular flexibility index (Phi) is 5.19. The van der Waals surface area contributed by atoms with E-state index in [0.717, 1.165) is 4.90 Å². The van der Waals surface area contributed by atoms with E-state index in [-0.39, 0.29) is 17.0 Å². The van der Waals surface area contributed by atoms with E-state index in [4.69, 9.17) is 4.74 Å². The lowest BCUT2D eigenvalue weighted by molar-refractivity contribution is -0.142. The number of phenols is 1.